The number of hydrogen-bond donors (Lipinski definition) is 1. The lowest BCUT2D eigenvalue weighted by atomic mass is 9.77. The van der Waals surface area contributed by atoms with E-state index in [0.29, 0.717) is 11.3 Å². The maximum Gasteiger partial charge on any atom is 0.176 e. The van der Waals surface area contributed by atoms with Crippen molar-refractivity contribution in [2.75, 3.05) is 0 Å². The van der Waals surface area contributed by atoms with Crippen LogP contribution in [0.25, 0.3) is 0 Å². The highest BCUT2D eigenvalue weighted by Gasteiger charge is 2.38. The van der Waals surface area contributed by atoms with Crippen LogP contribution in [0.4, 0.5) is 0 Å². The number of tetrazole rings is 1. The molecule has 2 atom stereocenters. The molecule has 1 aliphatic carbocycles. The fourth-order valence-electron chi connectivity index (χ4n) is 2.91. The van der Waals surface area contributed by atoms with Gasteiger partial charge in [0.2, 0.25) is 0 Å². The van der Waals surface area contributed by atoms with Crippen molar-refractivity contribution in [2.45, 2.75) is 45.6 Å². The third kappa shape index (κ3) is 2.24. The summed E-state index contributed by atoms with van der Waals surface area (Å²) >= 11 is 0. The molecule has 1 saturated carbocycles. The van der Waals surface area contributed by atoms with Crippen molar-refractivity contribution in [2.24, 2.45) is 24.1 Å². The highest BCUT2D eigenvalue weighted by molar-refractivity contribution is 4.95. The van der Waals surface area contributed by atoms with E-state index in [2.05, 4.69) is 29.3 Å². The zero-order valence-corrected chi connectivity index (χ0v) is 10.3. The summed E-state index contributed by atoms with van der Waals surface area (Å²) in [5.41, 5.74) is 6.64. The van der Waals surface area contributed by atoms with Crippen LogP contribution in [0.5, 0.6) is 0 Å². The first-order chi connectivity index (χ1) is 7.49. The van der Waals surface area contributed by atoms with E-state index < -0.39 is 0 Å². The molecule has 0 saturated heterocycles. The van der Waals surface area contributed by atoms with Crippen molar-refractivity contribution in [3.63, 3.8) is 0 Å². The molecule has 1 heterocycles. The molecule has 0 spiro atoms. The molecule has 16 heavy (non-hydrogen) atoms. The Labute approximate surface area is 96.4 Å². The van der Waals surface area contributed by atoms with E-state index in [0.717, 1.165) is 12.2 Å². The molecule has 5 heteroatoms. The van der Waals surface area contributed by atoms with Crippen LogP contribution >= 0.6 is 0 Å². The Morgan fingerprint density at radius 1 is 1.56 bits per heavy atom. The molecule has 1 aromatic heterocycles. The van der Waals surface area contributed by atoms with Gasteiger partial charge in [-0.3, -0.25) is 0 Å². The van der Waals surface area contributed by atoms with Gasteiger partial charge in [-0.15, -0.1) is 10.2 Å². The maximum absolute atomic E-state index is 6.28. The zero-order chi connectivity index (χ0) is 11.8. The molecular formula is C11H21N5. The van der Waals surface area contributed by atoms with Gasteiger partial charge in [-0.1, -0.05) is 20.3 Å². The standard InChI is InChI=1S/C11H21N5/c1-11(2)6-4-5-8(11)9(12)7-10-13-15-16(3)14-10/h8-9H,4-7,12H2,1-3H3. The second-order valence-corrected chi connectivity index (χ2v) is 5.55. The zero-order valence-electron chi connectivity index (χ0n) is 10.3. The highest BCUT2D eigenvalue weighted by atomic mass is 15.6. The SMILES string of the molecule is Cn1nnc(CC(N)C2CCCC2(C)C)n1. The Morgan fingerprint density at radius 2 is 2.31 bits per heavy atom. The Morgan fingerprint density at radius 3 is 2.81 bits per heavy atom. The summed E-state index contributed by atoms with van der Waals surface area (Å²) in [6.45, 7) is 4.63. The fourth-order valence-corrected chi connectivity index (χ4v) is 2.91. The van der Waals surface area contributed by atoms with E-state index in [1.54, 1.807) is 7.05 Å². The van der Waals surface area contributed by atoms with Crippen LogP contribution in [0.3, 0.4) is 0 Å². The highest BCUT2D eigenvalue weighted by Crippen LogP contribution is 2.44. The normalized spacial score (nSPS) is 25.9. The van der Waals surface area contributed by atoms with Crippen LogP contribution in [0.1, 0.15) is 38.9 Å². The Hall–Kier alpha value is -0.970. The predicted molar refractivity (Wildman–Crippen MR) is 61.6 cm³/mol. The van der Waals surface area contributed by atoms with Crippen LogP contribution in [0.15, 0.2) is 0 Å². The first kappa shape index (κ1) is 11.5. The lowest BCUT2D eigenvalue weighted by Crippen LogP contribution is -2.38. The van der Waals surface area contributed by atoms with Crippen LogP contribution in [0, 0.1) is 11.3 Å². The van der Waals surface area contributed by atoms with Crippen LogP contribution in [-0.2, 0) is 13.5 Å². The molecule has 90 valence electrons. The van der Waals surface area contributed by atoms with Crippen LogP contribution < -0.4 is 5.73 Å². The lowest BCUT2D eigenvalue weighted by molar-refractivity contribution is 0.218. The molecule has 1 fully saturated rings. The summed E-state index contributed by atoms with van der Waals surface area (Å²) in [5.74, 6) is 1.34. The van der Waals surface area contributed by atoms with Crippen molar-refractivity contribution in [3.8, 4) is 0 Å². The average molecular weight is 223 g/mol. The van der Waals surface area contributed by atoms with E-state index >= 15 is 0 Å². The van der Waals surface area contributed by atoms with Crippen molar-refractivity contribution >= 4 is 0 Å². The minimum atomic E-state index is 0.154. The molecule has 1 aliphatic rings. The van der Waals surface area contributed by atoms with Crippen molar-refractivity contribution < 1.29 is 0 Å². The van der Waals surface area contributed by atoms with Gasteiger partial charge in [0.15, 0.2) is 5.82 Å². The van der Waals surface area contributed by atoms with Gasteiger partial charge in [0.1, 0.15) is 0 Å². The topological polar surface area (TPSA) is 69.6 Å². The van der Waals surface area contributed by atoms with Gasteiger partial charge >= 0.3 is 0 Å². The van der Waals surface area contributed by atoms with Gasteiger partial charge in [-0.25, -0.2) is 0 Å². The number of aromatic nitrogens is 4. The number of nitrogens with zero attached hydrogens (tertiary/aromatic N) is 4. The van der Waals surface area contributed by atoms with Crippen molar-refractivity contribution in [1.82, 2.24) is 20.2 Å². The van der Waals surface area contributed by atoms with Crippen LogP contribution in [0.2, 0.25) is 0 Å². The third-order valence-electron chi connectivity index (χ3n) is 3.82. The Balaban J connectivity index is 2.00. The smallest absolute Gasteiger partial charge is 0.176 e. The summed E-state index contributed by atoms with van der Waals surface area (Å²) in [5, 5.41) is 12.0. The van der Waals surface area contributed by atoms with Crippen molar-refractivity contribution in [1.29, 1.82) is 0 Å². The van der Waals surface area contributed by atoms with Crippen LogP contribution in [-0.4, -0.2) is 26.2 Å². The first-order valence-corrected chi connectivity index (χ1v) is 5.97. The number of hydrogen-bond acceptors (Lipinski definition) is 4. The summed E-state index contributed by atoms with van der Waals surface area (Å²) in [6, 6.07) is 0.154. The maximum atomic E-state index is 6.28. The summed E-state index contributed by atoms with van der Waals surface area (Å²) in [6.07, 6.45) is 4.54. The second kappa shape index (κ2) is 4.13. The molecule has 2 N–H and O–H groups in total. The third-order valence-corrected chi connectivity index (χ3v) is 3.82. The van der Waals surface area contributed by atoms with Gasteiger partial charge < -0.3 is 5.73 Å². The summed E-state index contributed by atoms with van der Waals surface area (Å²) in [7, 11) is 1.78. The summed E-state index contributed by atoms with van der Waals surface area (Å²) < 4.78 is 0. The number of rotatable bonds is 3. The molecule has 2 rings (SSSR count). The molecule has 5 nitrogen and oxygen atoms in total. The van der Waals surface area contributed by atoms with E-state index in [1.807, 2.05) is 0 Å². The molecule has 0 aliphatic heterocycles. The number of nitrogens with two attached hydrogens (primary N) is 1. The second-order valence-electron chi connectivity index (χ2n) is 5.55. The van der Waals surface area contributed by atoms with E-state index in [4.69, 9.17) is 5.73 Å². The predicted octanol–water partition coefficient (Wildman–Crippen LogP) is 0.906. The molecule has 0 radical (unpaired) electrons. The average Bonchev–Trinajstić information content (AvgIpc) is 2.72. The molecule has 0 bridgehead atoms. The van der Waals surface area contributed by atoms with E-state index in [-0.39, 0.29) is 6.04 Å². The fraction of sp³-hybridized carbons (Fsp3) is 0.909. The minimum absolute atomic E-state index is 0.154. The molecular weight excluding hydrogens is 202 g/mol. The summed E-state index contributed by atoms with van der Waals surface area (Å²) in [4.78, 5) is 1.49. The molecule has 0 amide bonds. The van der Waals surface area contributed by atoms with E-state index in [9.17, 15) is 0 Å². The molecule has 1 aromatic rings. The van der Waals surface area contributed by atoms with Crippen molar-refractivity contribution in [3.05, 3.63) is 5.82 Å². The van der Waals surface area contributed by atoms with Gasteiger partial charge in [0.25, 0.3) is 0 Å². The van der Waals surface area contributed by atoms with Gasteiger partial charge in [0.05, 0.1) is 7.05 Å². The largest absolute Gasteiger partial charge is 0.327 e. The van der Waals surface area contributed by atoms with Gasteiger partial charge in [-0.05, 0) is 29.4 Å². The Kier molecular flexibility index (Phi) is 2.97. The number of aryl methyl sites for hydroxylation is 1. The minimum Gasteiger partial charge on any atom is -0.327 e. The van der Waals surface area contributed by atoms with Gasteiger partial charge in [0, 0.05) is 12.5 Å². The monoisotopic (exact) mass is 223 g/mol. The first-order valence-electron chi connectivity index (χ1n) is 5.97. The lowest BCUT2D eigenvalue weighted by Gasteiger charge is -2.31. The Bertz CT molecular complexity index is 357. The van der Waals surface area contributed by atoms with E-state index in [1.165, 1.54) is 24.1 Å². The van der Waals surface area contributed by atoms with Gasteiger partial charge in [-0.2, -0.15) is 4.80 Å². The molecule has 2 unspecified atom stereocenters. The quantitative estimate of drug-likeness (QED) is 0.826. The molecule has 0 aromatic carbocycles.